The topological polar surface area (TPSA) is 74.9 Å². The lowest BCUT2D eigenvalue weighted by molar-refractivity contribution is 0.476. The number of nitrogens with zero attached hydrogens (tertiary/aromatic N) is 1. The van der Waals surface area contributed by atoms with Crippen LogP contribution in [-0.4, -0.2) is 15.1 Å². The Morgan fingerprint density at radius 3 is 3.00 bits per heavy atom. The third-order valence-corrected chi connectivity index (χ3v) is 3.58. The summed E-state index contributed by atoms with van der Waals surface area (Å²) in [5.41, 5.74) is 7.72. The zero-order chi connectivity index (χ0) is 11.8. The van der Waals surface area contributed by atoms with Crippen molar-refractivity contribution in [2.75, 3.05) is 0 Å². The Labute approximate surface area is 102 Å². The van der Waals surface area contributed by atoms with Gasteiger partial charge in [-0.1, -0.05) is 6.07 Å². The fraction of sp³-hybridized carbons (Fsp3) is 0.0833. The molecular formula is C12H11N3OS. The first kappa shape index (κ1) is 10.3. The molecule has 4 nitrogen and oxygen atoms in total. The number of imidazole rings is 1. The maximum atomic E-state index is 9.39. The summed E-state index contributed by atoms with van der Waals surface area (Å²) < 4.78 is 0. The number of benzene rings is 1. The molecule has 2 aromatic heterocycles. The molecule has 0 fully saturated rings. The first-order valence-electron chi connectivity index (χ1n) is 5.21. The van der Waals surface area contributed by atoms with Crippen LogP contribution in [-0.2, 0) is 0 Å². The van der Waals surface area contributed by atoms with Crippen LogP contribution >= 0.6 is 11.3 Å². The van der Waals surface area contributed by atoms with E-state index >= 15 is 0 Å². The molecule has 3 aromatic rings. The third kappa shape index (κ3) is 1.79. The Balaban J connectivity index is 2.06. The van der Waals surface area contributed by atoms with Crippen LogP contribution in [0.25, 0.3) is 11.0 Å². The number of hydrogen-bond acceptors (Lipinski definition) is 4. The van der Waals surface area contributed by atoms with E-state index in [9.17, 15) is 5.11 Å². The number of nitrogens with one attached hydrogen (secondary N) is 1. The summed E-state index contributed by atoms with van der Waals surface area (Å²) in [6.07, 6.45) is 0. The lowest BCUT2D eigenvalue weighted by Crippen LogP contribution is -2.11. The maximum Gasteiger partial charge on any atom is 0.129 e. The van der Waals surface area contributed by atoms with Crippen molar-refractivity contribution < 1.29 is 5.11 Å². The van der Waals surface area contributed by atoms with Crippen molar-refractivity contribution in [3.05, 3.63) is 46.4 Å². The van der Waals surface area contributed by atoms with E-state index in [1.165, 1.54) is 0 Å². The van der Waals surface area contributed by atoms with Gasteiger partial charge in [0.25, 0.3) is 0 Å². The number of aromatic nitrogens is 2. The number of aromatic amines is 1. The zero-order valence-electron chi connectivity index (χ0n) is 8.92. The first-order valence-corrected chi connectivity index (χ1v) is 6.09. The number of rotatable bonds is 2. The fourth-order valence-electron chi connectivity index (χ4n) is 1.77. The molecule has 0 amide bonds. The molecule has 5 heteroatoms. The van der Waals surface area contributed by atoms with Crippen LogP contribution in [0.3, 0.4) is 0 Å². The summed E-state index contributed by atoms with van der Waals surface area (Å²) in [4.78, 5) is 8.62. The first-order chi connectivity index (χ1) is 8.24. The van der Waals surface area contributed by atoms with Crippen LogP contribution < -0.4 is 5.73 Å². The van der Waals surface area contributed by atoms with E-state index in [1.807, 2.05) is 17.5 Å². The van der Waals surface area contributed by atoms with Gasteiger partial charge in [-0.2, -0.15) is 0 Å². The minimum Gasteiger partial charge on any atom is -0.508 e. The van der Waals surface area contributed by atoms with Gasteiger partial charge in [-0.05, 0) is 23.6 Å². The van der Waals surface area contributed by atoms with E-state index in [2.05, 4.69) is 9.97 Å². The van der Waals surface area contributed by atoms with Crippen LogP contribution in [0.2, 0.25) is 0 Å². The van der Waals surface area contributed by atoms with E-state index in [0.29, 0.717) is 5.82 Å². The van der Waals surface area contributed by atoms with E-state index < -0.39 is 0 Å². The van der Waals surface area contributed by atoms with Crippen LogP contribution in [0.5, 0.6) is 5.75 Å². The maximum absolute atomic E-state index is 9.39. The van der Waals surface area contributed by atoms with E-state index in [0.717, 1.165) is 15.9 Å². The molecule has 0 saturated heterocycles. The predicted octanol–water partition coefficient (Wildman–Crippen LogP) is 2.38. The number of H-pyrrole nitrogens is 1. The lowest BCUT2D eigenvalue weighted by Gasteiger charge is -2.04. The zero-order valence-corrected chi connectivity index (χ0v) is 9.74. The van der Waals surface area contributed by atoms with Gasteiger partial charge in [0.05, 0.1) is 17.1 Å². The van der Waals surface area contributed by atoms with Gasteiger partial charge in [0.1, 0.15) is 11.6 Å². The Hall–Kier alpha value is -1.85. The quantitative estimate of drug-likeness (QED) is 0.649. The molecule has 0 radical (unpaired) electrons. The molecule has 86 valence electrons. The highest BCUT2D eigenvalue weighted by Crippen LogP contribution is 2.25. The molecule has 0 aliphatic rings. The highest BCUT2D eigenvalue weighted by molar-refractivity contribution is 7.10. The molecule has 4 N–H and O–H groups in total. The Morgan fingerprint density at radius 2 is 2.24 bits per heavy atom. The van der Waals surface area contributed by atoms with Gasteiger partial charge in [-0.3, -0.25) is 0 Å². The highest BCUT2D eigenvalue weighted by Gasteiger charge is 2.14. The molecule has 0 bridgehead atoms. The van der Waals surface area contributed by atoms with Gasteiger partial charge in [0, 0.05) is 10.9 Å². The number of aromatic hydroxyl groups is 1. The number of phenols is 1. The molecule has 0 saturated carbocycles. The number of phenolic OH excluding ortho intramolecular Hbond substituents is 1. The lowest BCUT2D eigenvalue weighted by atomic mass is 10.2. The summed E-state index contributed by atoms with van der Waals surface area (Å²) >= 11 is 1.60. The standard InChI is InChI=1S/C12H11N3OS/c13-11(10-2-1-5-17-10)12-14-8-4-3-7(16)6-9(8)15-12/h1-6,11,16H,13H2,(H,14,15). The van der Waals surface area contributed by atoms with E-state index in [4.69, 9.17) is 5.73 Å². The largest absolute Gasteiger partial charge is 0.508 e. The molecule has 17 heavy (non-hydrogen) atoms. The molecule has 0 spiro atoms. The monoisotopic (exact) mass is 245 g/mol. The van der Waals surface area contributed by atoms with Crippen LogP contribution in [0.15, 0.2) is 35.7 Å². The average Bonchev–Trinajstić information content (AvgIpc) is 2.96. The van der Waals surface area contributed by atoms with Gasteiger partial charge in [-0.25, -0.2) is 4.98 Å². The number of nitrogens with two attached hydrogens (primary N) is 1. The summed E-state index contributed by atoms with van der Waals surface area (Å²) in [7, 11) is 0. The number of hydrogen-bond donors (Lipinski definition) is 3. The van der Waals surface area contributed by atoms with Gasteiger partial charge < -0.3 is 15.8 Å². The van der Waals surface area contributed by atoms with Crippen molar-refractivity contribution in [1.82, 2.24) is 9.97 Å². The number of thiophene rings is 1. The minimum absolute atomic E-state index is 0.220. The Bertz CT molecular complexity index is 645. The van der Waals surface area contributed by atoms with E-state index in [-0.39, 0.29) is 11.8 Å². The third-order valence-electron chi connectivity index (χ3n) is 2.63. The van der Waals surface area contributed by atoms with Gasteiger partial charge in [-0.15, -0.1) is 11.3 Å². The minimum atomic E-state index is -0.246. The van der Waals surface area contributed by atoms with Crippen molar-refractivity contribution >= 4 is 22.4 Å². The molecule has 2 heterocycles. The van der Waals surface area contributed by atoms with Crippen molar-refractivity contribution in [3.8, 4) is 5.75 Å². The second kappa shape index (κ2) is 3.87. The molecule has 0 aliphatic carbocycles. The van der Waals surface area contributed by atoms with Crippen molar-refractivity contribution in [3.63, 3.8) is 0 Å². The van der Waals surface area contributed by atoms with Crippen molar-refractivity contribution in [2.45, 2.75) is 6.04 Å². The fourth-order valence-corrected chi connectivity index (χ4v) is 2.50. The number of fused-ring (bicyclic) bond motifs is 1. The van der Waals surface area contributed by atoms with Crippen LogP contribution in [0.1, 0.15) is 16.7 Å². The normalized spacial score (nSPS) is 13.0. The molecule has 0 aliphatic heterocycles. The Morgan fingerprint density at radius 1 is 1.35 bits per heavy atom. The van der Waals surface area contributed by atoms with Gasteiger partial charge in [0.2, 0.25) is 0 Å². The second-order valence-electron chi connectivity index (χ2n) is 3.82. The molecule has 1 aromatic carbocycles. The predicted molar refractivity (Wildman–Crippen MR) is 68.1 cm³/mol. The summed E-state index contributed by atoms with van der Waals surface area (Å²) in [5.74, 6) is 0.936. The highest BCUT2D eigenvalue weighted by atomic mass is 32.1. The molecule has 3 rings (SSSR count). The summed E-state index contributed by atoms with van der Waals surface area (Å²) in [6.45, 7) is 0. The van der Waals surface area contributed by atoms with Crippen LogP contribution in [0.4, 0.5) is 0 Å². The SMILES string of the molecule is NC(c1nc2ccc(O)cc2[nH]1)c1cccs1. The van der Waals surface area contributed by atoms with Gasteiger partial charge >= 0.3 is 0 Å². The second-order valence-corrected chi connectivity index (χ2v) is 4.80. The smallest absolute Gasteiger partial charge is 0.129 e. The van der Waals surface area contributed by atoms with Crippen molar-refractivity contribution in [1.29, 1.82) is 0 Å². The molecule has 1 unspecified atom stereocenters. The average molecular weight is 245 g/mol. The molecular weight excluding hydrogens is 234 g/mol. The summed E-state index contributed by atoms with van der Waals surface area (Å²) in [5, 5.41) is 11.4. The summed E-state index contributed by atoms with van der Waals surface area (Å²) in [6, 6.07) is 8.74. The molecule has 1 atom stereocenters. The van der Waals surface area contributed by atoms with Crippen LogP contribution in [0, 0.1) is 0 Å². The van der Waals surface area contributed by atoms with Crippen molar-refractivity contribution in [2.24, 2.45) is 5.73 Å². The van der Waals surface area contributed by atoms with Gasteiger partial charge in [0.15, 0.2) is 0 Å². The Kier molecular flexibility index (Phi) is 2.35. The van der Waals surface area contributed by atoms with E-state index in [1.54, 1.807) is 29.5 Å².